The fourth-order valence-corrected chi connectivity index (χ4v) is 0.477. The predicted molar refractivity (Wildman–Crippen MR) is 40.5 cm³/mol. The Morgan fingerprint density at radius 3 is 1.90 bits per heavy atom. The molecular weight excluding hydrogens is 166 g/mol. The summed E-state index contributed by atoms with van der Waals surface area (Å²) in [5.41, 5.74) is -0.873. The molecule has 2 N–H and O–H groups in total. The van der Waals surface area contributed by atoms with Gasteiger partial charge in [-0.15, -0.1) is 9.24 Å². The number of carboxylic acid groups (broad SMARTS) is 2. The summed E-state index contributed by atoms with van der Waals surface area (Å²) in [4.78, 5) is 19.8. The molecule has 0 radical (unpaired) electrons. The molecule has 10 heavy (non-hydrogen) atoms. The van der Waals surface area contributed by atoms with E-state index in [0.717, 1.165) is 0 Å². The third-order valence-corrected chi connectivity index (χ3v) is 1.23. The number of carboxylic acids is 2. The Balaban J connectivity index is 0. The van der Waals surface area contributed by atoms with Crippen LogP contribution in [0.4, 0.5) is 0 Å². The van der Waals surface area contributed by atoms with Gasteiger partial charge in [0.25, 0.3) is 0 Å². The summed E-state index contributed by atoms with van der Waals surface area (Å²) < 4.78 is 0. The van der Waals surface area contributed by atoms with Gasteiger partial charge in [-0.25, -0.2) is 0 Å². The monoisotopic (exact) mass is 174 g/mol. The third-order valence-electron chi connectivity index (χ3n) is 0.712. The molecule has 0 aliphatic heterocycles. The van der Waals surface area contributed by atoms with Crippen molar-refractivity contribution in [2.45, 2.75) is 12.1 Å². The van der Waals surface area contributed by atoms with Crippen molar-refractivity contribution in [1.29, 1.82) is 0 Å². The van der Waals surface area contributed by atoms with E-state index in [9.17, 15) is 9.59 Å². The molecule has 0 saturated heterocycles. The summed E-state index contributed by atoms with van der Waals surface area (Å²) in [5.74, 6) is -2.21. The molecule has 0 bridgehead atoms. The van der Waals surface area contributed by atoms with Gasteiger partial charge in [0.05, 0.1) is 12.1 Å². The molecule has 0 aromatic rings. The average molecular weight is 174 g/mol. The molecule has 4 nitrogen and oxygen atoms in total. The van der Waals surface area contributed by atoms with Crippen LogP contribution in [0.1, 0.15) is 6.42 Å². The second-order valence-corrected chi connectivity index (χ2v) is 2.35. The first kappa shape index (κ1) is 13.0. The van der Waals surface area contributed by atoms with Gasteiger partial charge in [-0.1, -0.05) is 0 Å². The van der Waals surface area contributed by atoms with Crippen molar-refractivity contribution in [3.8, 4) is 0 Å². The topological polar surface area (TPSA) is 74.6 Å². The van der Waals surface area contributed by atoms with Crippen LogP contribution in [0.5, 0.6) is 0 Å². The van der Waals surface area contributed by atoms with Gasteiger partial charge in [-0.2, -0.15) is 0 Å². The van der Waals surface area contributed by atoms with Crippen molar-refractivity contribution in [3.05, 3.63) is 0 Å². The van der Waals surface area contributed by atoms with Crippen LogP contribution < -0.4 is 0 Å². The van der Waals surface area contributed by atoms with Crippen LogP contribution >= 0.6 is 9.24 Å². The van der Waals surface area contributed by atoms with Gasteiger partial charge in [0.2, 0.25) is 0 Å². The number of hydrogen-bond donors (Lipinski definition) is 2. The number of hydrogen-bond acceptors (Lipinski definition) is 2. The van der Waals surface area contributed by atoms with E-state index in [1.165, 1.54) is 0 Å². The zero-order valence-corrected chi connectivity index (χ0v) is 5.73. The Labute approximate surface area is 82.5 Å². The normalized spacial score (nSPS) is 11.3. The summed E-state index contributed by atoms with van der Waals surface area (Å²) in [5, 5.41) is 16.2. The van der Waals surface area contributed by atoms with E-state index in [-0.39, 0.29) is 36.0 Å². The van der Waals surface area contributed by atoms with Crippen LogP contribution in [0.15, 0.2) is 0 Å². The molecule has 0 spiro atoms. The Morgan fingerprint density at radius 1 is 1.40 bits per heavy atom. The van der Waals surface area contributed by atoms with Crippen molar-refractivity contribution >= 4 is 50.7 Å². The van der Waals surface area contributed by atoms with E-state index in [4.69, 9.17) is 10.2 Å². The zero-order valence-electron chi connectivity index (χ0n) is 4.57. The molecule has 0 aromatic heterocycles. The van der Waals surface area contributed by atoms with Crippen molar-refractivity contribution in [1.82, 2.24) is 0 Å². The Morgan fingerprint density at radius 2 is 1.80 bits per heavy atom. The molecule has 0 aliphatic rings. The van der Waals surface area contributed by atoms with Gasteiger partial charge in [0, 0.05) is 0 Å². The molecule has 54 valence electrons. The zero-order chi connectivity index (χ0) is 7.44. The van der Waals surface area contributed by atoms with Gasteiger partial charge in [0.15, 0.2) is 0 Å². The first-order valence-corrected chi connectivity index (χ1v) is 2.91. The van der Waals surface area contributed by atoms with Crippen molar-refractivity contribution in [3.63, 3.8) is 0 Å². The second-order valence-electron chi connectivity index (χ2n) is 1.54. The van der Waals surface area contributed by atoms with Crippen LogP contribution in [0, 0.1) is 0 Å². The van der Waals surface area contributed by atoms with E-state index in [1.54, 1.807) is 0 Å². The molecular formula is C4H8NaO4P. The number of aliphatic carboxylic acids is 2. The van der Waals surface area contributed by atoms with E-state index >= 15 is 0 Å². The Hall–Kier alpha value is 0.370. The molecule has 0 aliphatic carbocycles. The molecule has 6 heteroatoms. The van der Waals surface area contributed by atoms with Crippen molar-refractivity contribution in [2.24, 2.45) is 0 Å². The first-order chi connectivity index (χ1) is 4.04. The maximum atomic E-state index is 9.95. The molecule has 0 saturated carbocycles. The van der Waals surface area contributed by atoms with Crippen LogP contribution in [0.3, 0.4) is 0 Å². The van der Waals surface area contributed by atoms with Gasteiger partial charge in [-0.05, 0) is 0 Å². The maximum absolute atomic E-state index is 9.95. The summed E-state index contributed by atoms with van der Waals surface area (Å²) in [6, 6.07) is 0. The first-order valence-electron chi connectivity index (χ1n) is 2.24. The second kappa shape index (κ2) is 6.10. The fraction of sp³-hybridized carbons (Fsp3) is 0.500. The van der Waals surface area contributed by atoms with Crippen molar-refractivity contribution in [2.75, 3.05) is 0 Å². The average Bonchev–Trinajstić information content (AvgIpc) is 1.63. The molecule has 0 rings (SSSR count). The minimum atomic E-state index is -1.11. The van der Waals surface area contributed by atoms with Gasteiger partial charge in [0.1, 0.15) is 0 Å². The van der Waals surface area contributed by atoms with E-state index in [0.29, 0.717) is 0 Å². The van der Waals surface area contributed by atoms with Crippen LogP contribution in [0.25, 0.3) is 0 Å². The molecule has 0 heterocycles. The van der Waals surface area contributed by atoms with Crippen LogP contribution in [0.2, 0.25) is 0 Å². The van der Waals surface area contributed by atoms with Gasteiger partial charge < -0.3 is 10.2 Å². The van der Waals surface area contributed by atoms with Gasteiger partial charge in [-0.3, -0.25) is 9.59 Å². The Kier molecular flexibility index (Phi) is 7.93. The standard InChI is InChI=1S/C4H7O4P.Na.H/c5-3(6)1-2(9)4(7)8;;/h2H,1,9H2,(H,5,6)(H,7,8);;. The third kappa shape index (κ3) is 6.49. The summed E-state index contributed by atoms with van der Waals surface area (Å²) in [6.07, 6.45) is -0.347. The SMILES string of the molecule is O=C(O)CC(P)C(=O)O.[NaH]. The molecule has 0 aromatic carbocycles. The molecule has 2 unspecified atom stereocenters. The summed E-state index contributed by atoms with van der Waals surface area (Å²) >= 11 is 0. The van der Waals surface area contributed by atoms with E-state index in [2.05, 4.69) is 0 Å². The quantitative estimate of drug-likeness (QED) is 0.431. The van der Waals surface area contributed by atoms with Crippen LogP contribution in [-0.4, -0.2) is 57.4 Å². The minimum absolute atomic E-state index is 0. The van der Waals surface area contributed by atoms with E-state index in [1.807, 2.05) is 9.24 Å². The van der Waals surface area contributed by atoms with Crippen LogP contribution in [-0.2, 0) is 9.59 Å². The predicted octanol–water partition coefficient (Wildman–Crippen LogP) is -0.859. The molecule has 2 atom stereocenters. The number of carbonyl (C=O) groups is 2. The summed E-state index contributed by atoms with van der Waals surface area (Å²) in [6.45, 7) is 0. The van der Waals surface area contributed by atoms with E-state index < -0.39 is 17.6 Å². The molecule has 0 amide bonds. The Bertz CT molecular complexity index is 137. The molecule has 0 fully saturated rings. The number of rotatable bonds is 3. The van der Waals surface area contributed by atoms with Gasteiger partial charge >= 0.3 is 41.5 Å². The summed E-state index contributed by atoms with van der Waals surface area (Å²) in [7, 11) is 1.94. The fourth-order valence-electron chi connectivity index (χ4n) is 0.275. The van der Waals surface area contributed by atoms with Crippen molar-refractivity contribution < 1.29 is 19.8 Å².